The van der Waals surface area contributed by atoms with E-state index in [9.17, 15) is 4.79 Å². The van der Waals surface area contributed by atoms with Crippen molar-refractivity contribution >= 4 is 11.7 Å². The standard InChI is InChI=1S/C23H32N4O/c1-5-7-8-9-18-10-12-19(13-11-18)23(28)27-15-14-21-20(16-27)22(26(4)6-2)25-17(3)24-21/h10-13H,5-9,14-16H2,1-4H3. The number of fused-ring (bicyclic) bond motifs is 1. The molecule has 2 aromatic rings. The summed E-state index contributed by atoms with van der Waals surface area (Å²) >= 11 is 0. The largest absolute Gasteiger partial charge is 0.360 e. The fourth-order valence-electron chi connectivity index (χ4n) is 3.73. The number of amides is 1. The fraction of sp³-hybridized carbons (Fsp3) is 0.522. The van der Waals surface area contributed by atoms with Crippen LogP contribution in [0.2, 0.25) is 0 Å². The van der Waals surface area contributed by atoms with Gasteiger partial charge in [-0.2, -0.15) is 0 Å². The van der Waals surface area contributed by atoms with Crippen LogP contribution in [0.3, 0.4) is 0 Å². The maximum atomic E-state index is 13.1. The lowest BCUT2D eigenvalue weighted by Crippen LogP contribution is -2.38. The number of aromatic nitrogens is 2. The van der Waals surface area contributed by atoms with Crippen LogP contribution in [0.15, 0.2) is 24.3 Å². The molecule has 0 spiro atoms. The summed E-state index contributed by atoms with van der Waals surface area (Å²) in [7, 11) is 2.04. The molecule has 0 fully saturated rings. The molecule has 0 N–H and O–H groups in total. The summed E-state index contributed by atoms with van der Waals surface area (Å²) in [4.78, 5) is 26.4. The predicted octanol–water partition coefficient (Wildman–Crippen LogP) is 4.17. The predicted molar refractivity (Wildman–Crippen MR) is 114 cm³/mol. The van der Waals surface area contributed by atoms with E-state index in [0.717, 1.165) is 47.8 Å². The molecule has 150 valence electrons. The number of carbonyl (C=O) groups is 1. The Labute approximate surface area is 168 Å². The zero-order valence-corrected chi connectivity index (χ0v) is 17.7. The molecule has 0 aliphatic carbocycles. The number of rotatable bonds is 7. The molecule has 1 amide bonds. The molecule has 0 atom stereocenters. The molecule has 1 aliphatic heterocycles. The lowest BCUT2D eigenvalue weighted by Gasteiger charge is -2.31. The SMILES string of the molecule is CCCCCc1ccc(C(=O)N2CCc3nc(C)nc(N(C)CC)c3C2)cc1. The molecule has 1 aromatic carbocycles. The first kappa shape index (κ1) is 20.3. The van der Waals surface area contributed by atoms with Crippen LogP contribution < -0.4 is 4.90 Å². The smallest absolute Gasteiger partial charge is 0.254 e. The number of hydrogen-bond acceptors (Lipinski definition) is 4. The number of aryl methyl sites for hydroxylation is 2. The summed E-state index contributed by atoms with van der Waals surface area (Å²) in [6.07, 6.45) is 5.56. The highest BCUT2D eigenvalue weighted by atomic mass is 16.2. The van der Waals surface area contributed by atoms with Gasteiger partial charge in [0.15, 0.2) is 0 Å². The van der Waals surface area contributed by atoms with Gasteiger partial charge < -0.3 is 9.80 Å². The highest BCUT2D eigenvalue weighted by Crippen LogP contribution is 2.27. The summed E-state index contributed by atoms with van der Waals surface area (Å²) < 4.78 is 0. The van der Waals surface area contributed by atoms with E-state index < -0.39 is 0 Å². The van der Waals surface area contributed by atoms with E-state index in [1.807, 2.05) is 31.0 Å². The van der Waals surface area contributed by atoms with Gasteiger partial charge in [-0.25, -0.2) is 9.97 Å². The minimum absolute atomic E-state index is 0.0939. The molecule has 5 nitrogen and oxygen atoms in total. The molecule has 0 bridgehead atoms. The maximum Gasteiger partial charge on any atom is 0.254 e. The number of carbonyl (C=O) groups excluding carboxylic acids is 1. The first-order valence-electron chi connectivity index (χ1n) is 10.5. The van der Waals surface area contributed by atoms with E-state index in [1.54, 1.807) is 0 Å². The van der Waals surface area contributed by atoms with Crippen molar-refractivity contribution in [2.75, 3.05) is 25.0 Å². The Hall–Kier alpha value is -2.43. The van der Waals surface area contributed by atoms with E-state index in [0.29, 0.717) is 13.1 Å². The Morgan fingerprint density at radius 2 is 1.89 bits per heavy atom. The first-order chi connectivity index (χ1) is 13.5. The molecule has 0 unspecified atom stereocenters. The van der Waals surface area contributed by atoms with Crippen LogP contribution in [-0.2, 0) is 19.4 Å². The minimum Gasteiger partial charge on any atom is -0.360 e. The van der Waals surface area contributed by atoms with Crippen molar-refractivity contribution in [3.05, 3.63) is 52.5 Å². The third-order valence-electron chi connectivity index (χ3n) is 5.54. The summed E-state index contributed by atoms with van der Waals surface area (Å²) in [5.41, 5.74) is 4.25. The molecule has 0 radical (unpaired) electrons. The summed E-state index contributed by atoms with van der Waals surface area (Å²) in [6.45, 7) is 8.41. The van der Waals surface area contributed by atoms with Crippen molar-refractivity contribution in [2.45, 2.75) is 59.4 Å². The number of benzene rings is 1. The van der Waals surface area contributed by atoms with Crippen LogP contribution in [0.5, 0.6) is 0 Å². The molecule has 1 aromatic heterocycles. The number of hydrogen-bond donors (Lipinski definition) is 0. The number of anilines is 1. The van der Waals surface area contributed by atoms with E-state index in [-0.39, 0.29) is 5.91 Å². The molecule has 0 saturated heterocycles. The summed E-state index contributed by atoms with van der Waals surface area (Å²) in [5, 5.41) is 0. The van der Waals surface area contributed by atoms with Gasteiger partial charge in [0.2, 0.25) is 0 Å². The first-order valence-corrected chi connectivity index (χ1v) is 10.5. The van der Waals surface area contributed by atoms with Crippen LogP contribution in [0, 0.1) is 6.92 Å². The van der Waals surface area contributed by atoms with E-state index >= 15 is 0 Å². The van der Waals surface area contributed by atoms with Crippen LogP contribution >= 0.6 is 0 Å². The molecule has 3 rings (SSSR count). The average Bonchev–Trinajstić information content (AvgIpc) is 2.72. The van der Waals surface area contributed by atoms with Gasteiger partial charge in [0.05, 0.1) is 12.2 Å². The Morgan fingerprint density at radius 3 is 2.57 bits per heavy atom. The van der Waals surface area contributed by atoms with E-state index in [4.69, 9.17) is 0 Å². The van der Waals surface area contributed by atoms with Crippen molar-refractivity contribution in [3.63, 3.8) is 0 Å². The van der Waals surface area contributed by atoms with Gasteiger partial charge in [-0.1, -0.05) is 31.9 Å². The van der Waals surface area contributed by atoms with Crippen LogP contribution in [0.25, 0.3) is 0 Å². The zero-order chi connectivity index (χ0) is 20.1. The summed E-state index contributed by atoms with van der Waals surface area (Å²) in [5.74, 6) is 1.85. The lowest BCUT2D eigenvalue weighted by molar-refractivity contribution is 0.0733. The molecule has 5 heteroatoms. The van der Waals surface area contributed by atoms with Crippen molar-refractivity contribution < 1.29 is 4.79 Å². The van der Waals surface area contributed by atoms with Crippen molar-refractivity contribution in [2.24, 2.45) is 0 Å². The molecule has 28 heavy (non-hydrogen) atoms. The van der Waals surface area contributed by atoms with Crippen LogP contribution in [0.4, 0.5) is 5.82 Å². The second kappa shape index (κ2) is 9.18. The molecule has 1 aliphatic rings. The van der Waals surface area contributed by atoms with E-state index in [1.165, 1.54) is 24.8 Å². The third-order valence-corrected chi connectivity index (χ3v) is 5.54. The molecular formula is C23H32N4O. The highest BCUT2D eigenvalue weighted by molar-refractivity contribution is 5.94. The monoisotopic (exact) mass is 380 g/mol. The van der Waals surface area contributed by atoms with Gasteiger partial charge in [-0.05, 0) is 44.4 Å². The topological polar surface area (TPSA) is 49.3 Å². The van der Waals surface area contributed by atoms with Gasteiger partial charge >= 0.3 is 0 Å². The van der Waals surface area contributed by atoms with Gasteiger partial charge in [0.1, 0.15) is 11.6 Å². The van der Waals surface area contributed by atoms with Gasteiger partial charge in [0, 0.05) is 37.7 Å². The molecule has 0 saturated carbocycles. The normalized spacial score (nSPS) is 13.4. The quantitative estimate of drug-likeness (QED) is 0.677. The van der Waals surface area contributed by atoms with Gasteiger partial charge in [-0.15, -0.1) is 0 Å². The third kappa shape index (κ3) is 4.51. The second-order valence-corrected chi connectivity index (χ2v) is 7.66. The average molecular weight is 381 g/mol. The van der Waals surface area contributed by atoms with E-state index in [2.05, 4.69) is 40.8 Å². The second-order valence-electron chi connectivity index (χ2n) is 7.66. The minimum atomic E-state index is 0.0939. The number of nitrogens with zero attached hydrogens (tertiary/aromatic N) is 4. The van der Waals surface area contributed by atoms with Gasteiger partial charge in [-0.3, -0.25) is 4.79 Å². The van der Waals surface area contributed by atoms with Crippen LogP contribution in [0.1, 0.15) is 66.1 Å². The lowest BCUT2D eigenvalue weighted by atomic mass is 10.0. The zero-order valence-electron chi connectivity index (χ0n) is 17.7. The van der Waals surface area contributed by atoms with Crippen molar-refractivity contribution in [1.82, 2.24) is 14.9 Å². The van der Waals surface area contributed by atoms with Crippen molar-refractivity contribution in [3.8, 4) is 0 Å². The Bertz CT molecular complexity index is 816. The maximum absolute atomic E-state index is 13.1. The molecule has 2 heterocycles. The van der Waals surface area contributed by atoms with Crippen molar-refractivity contribution in [1.29, 1.82) is 0 Å². The fourth-order valence-corrected chi connectivity index (χ4v) is 3.73. The molecular weight excluding hydrogens is 348 g/mol. The Morgan fingerprint density at radius 1 is 1.14 bits per heavy atom. The summed E-state index contributed by atoms with van der Waals surface area (Å²) in [6, 6.07) is 8.15. The van der Waals surface area contributed by atoms with Gasteiger partial charge in [0.25, 0.3) is 5.91 Å². The van der Waals surface area contributed by atoms with Crippen LogP contribution in [-0.4, -0.2) is 40.9 Å². The highest BCUT2D eigenvalue weighted by Gasteiger charge is 2.26. The number of unbranched alkanes of at least 4 members (excludes halogenated alkanes) is 2. The Balaban J connectivity index is 1.75. The Kier molecular flexibility index (Phi) is 6.65.